The minimum absolute atomic E-state index is 0.0369. The van der Waals surface area contributed by atoms with E-state index < -0.39 is 5.91 Å². The number of benzene rings is 1. The van der Waals surface area contributed by atoms with Gasteiger partial charge in [0.1, 0.15) is 0 Å². The fraction of sp³-hybridized carbons (Fsp3) is 0.368. The van der Waals surface area contributed by atoms with E-state index in [1.165, 1.54) is 18.1 Å². The van der Waals surface area contributed by atoms with E-state index >= 15 is 0 Å². The number of amides is 2. The number of carbonyl (C=O) groups is 2. The zero-order valence-electron chi connectivity index (χ0n) is 14.4. The molecule has 4 nitrogen and oxygen atoms in total. The van der Waals surface area contributed by atoms with Gasteiger partial charge < -0.3 is 10.6 Å². The van der Waals surface area contributed by atoms with E-state index in [1.54, 1.807) is 29.2 Å². The van der Waals surface area contributed by atoms with Crippen molar-refractivity contribution >= 4 is 17.5 Å². The Kier molecular flexibility index (Phi) is 7.26. The van der Waals surface area contributed by atoms with Crippen LogP contribution in [0.5, 0.6) is 0 Å². The molecule has 1 rings (SSSR count). The summed E-state index contributed by atoms with van der Waals surface area (Å²) in [6.45, 7) is 8.31. The number of carbonyl (C=O) groups excluding carboxylic acids is 2. The molecule has 0 aliphatic rings. The van der Waals surface area contributed by atoms with Crippen LogP contribution in [-0.4, -0.2) is 18.4 Å². The molecule has 0 saturated heterocycles. The highest BCUT2D eigenvalue weighted by atomic mass is 16.2. The van der Waals surface area contributed by atoms with Gasteiger partial charge >= 0.3 is 0 Å². The van der Waals surface area contributed by atoms with E-state index in [-0.39, 0.29) is 5.91 Å². The maximum atomic E-state index is 11.9. The number of nitrogens with two attached hydrogens (primary N) is 1. The molecule has 0 unspecified atom stereocenters. The molecule has 2 N–H and O–H groups in total. The Morgan fingerprint density at radius 3 is 2.13 bits per heavy atom. The largest absolute Gasteiger partial charge is 0.366 e. The third-order valence-corrected chi connectivity index (χ3v) is 3.56. The first-order valence-corrected chi connectivity index (χ1v) is 7.78. The van der Waals surface area contributed by atoms with E-state index in [0.29, 0.717) is 12.1 Å². The zero-order valence-corrected chi connectivity index (χ0v) is 14.4. The van der Waals surface area contributed by atoms with Gasteiger partial charge in [0.2, 0.25) is 11.8 Å². The fourth-order valence-corrected chi connectivity index (χ4v) is 2.16. The summed E-state index contributed by atoms with van der Waals surface area (Å²) in [7, 11) is 0. The summed E-state index contributed by atoms with van der Waals surface area (Å²) < 4.78 is 0. The van der Waals surface area contributed by atoms with Crippen molar-refractivity contribution < 1.29 is 9.59 Å². The first-order valence-electron chi connectivity index (χ1n) is 7.78. The smallest absolute Gasteiger partial charge is 0.248 e. The Bertz CT molecular complexity index is 609. The number of hydrogen-bond donors (Lipinski definition) is 1. The molecule has 0 atom stereocenters. The Labute approximate surface area is 138 Å². The highest BCUT2D eigenvalue weighted by Gasteiger charge is 2.10. The van der Waals surface area contributed by atoms with Gasteiger partial charge in [0.05, 0.1) is 0 Å². The number of nitrogens with zero attached hydrogens (tertiary/aromatic N) is 1. The van der Waals surface area contributed by atoms with Crippen LogP contribution in [0.2, 0.25) is 0 Å². The molecule has 0 radical (unpaired) electrons. The molecule has 0 aromatic heterocycles. The summed E-state index contributed by atoms with van der Waals surface area (Å²) in [5.41, 5.74) is 9.00. The average molecular weight is 314 g/mol. The molecule has 0 spiro atoms. The minimum atomic E-state index is -0.471. The van der Waals surface area contributed by atoms with Gasteiger partial charge in [-0.3, -0.25) is 9.59 Å². The maximum Gasteiger partial charge on any atom is 0.248 e. The van der Waals surface area contributed by atoms with Gasteiger partial charge in [-0.2, -0.15) is 0 Å². The van der Waals surface area contributed by atoms with Gasteiger partial charge in [-0.1, -0.05) is 23.3 Å². The molecule has 0 bridgehead atoms. The standard InChI is InChI=1S/C19H26N2O2/c1-14(2)6-5-7-15(3)12-13-21(16(4)22)18-10-8-17(9-11-18)19(20)23/h6,8-12H,5,7,13H2,1-4H3,(H2,20,23)/b15-12+. The summed E-state index contributed by atoms with van der Waals surface area (Å²) in [5.74, 6) is -0.508. The van der Waals surface area contributed by atoms with E-state index in [2.05, 4.69) is 32.9 Å². The molecule has 1 aromatic carbocycles. The van der Waals surface area contributed by atoms with E-state index in [4.69, 9.17) is 5.73 Å². The van der Waals surface area contributed by atoms with Gasteiger partial charge in [0, 0.05) is 24.7 Å². The summed E-state index contributed by atoms with van der Waals surface area (Å²) in [5, 5.41) is 0. The van der Waals surface area contributed by atoms with Gasteiger partial charge in [0.25, 0.3) is 0 Å². The second-order valence-electron chi connectivity index (χ2n) is 5.91. The van der Waals surface area contributed by atoms with Crippen LogP contribution in [-0.2, 0) is 4.79 Å². The number of hydrogen-bond acceptors (Lipinski definition) is 2. The molecule has 0 heterocycles. The lowest BCUT2D eigenvalue weighted by Crippen LogP contribution is -2.28. The predicted octanol–water partition coefficient (Wildman–Crippen LogP) is 3.83. The summed E-state index contributed by atoms with van der Waals surface area (Å²) >= 11 is 0. The van der Waals surface area contributed by atoms with E-state index in [0.717, 1.165) is 18.5 Å². The first kappa shape index (κ1) is 18.7. The predicted molar refractivity (Wildman–Crippen MR) is 95.4 cm³/mol. The van der Waals surface area contributed by atoms with Crippen molar-refractivity contribution in [2.24, 2.45) is 5.73 Å². The van der Waals surface area contributed by atoms with Crippen molar-refractivity contribution in [1.29, 1.82) is 0 Å². The second-order valence-corrected chi connectivity index (χ2v) is 5.91. The Morgan fingerprint density at radius 1 is 1.04 bits per heavy atom. The van der Waals surface area contributed by atoms with Crippen LogP contribution in [0.3, 0.4) is 0 Å². The van der Waals surface area contributed by atoms with Crippen LogP contribution >= 0.6 is 0 Å². The lowest BCUT2D eigenvalue weighted by atomic mass is 10.1. The van der Waals surface area contributed by atoms with E-state index in [9.17, 15) is 9.59 Å². The quantitative estimate of drug-likeness (QED) is 0.777. The highest BCUT2D eigenvalue weighted by Crippen LogP contribution is 2.16. The second kappa shape index (κ2) is 8.93. The van der Waals surface area contributed by atoms with Crippen LogP contribution < -0.4 is 10.6 Å². The molecule has 0 aliphatic carbocycles. The van der Waals surface area contributed by atoms with Gasteiger partial charge in [-0.05, 0) is 57.9 Å². The van der Waals surface area contributed by atoms with Gasteiger partial charge in [-0.25, -0.2) is 0 Å². The monoisotopic (exact) mass is 314 g/mol. The number of rotatable bonds is 7. The third kappa shape index (κ3) is 6.51. The lowest BCUT2D eigenvalue weighted by Gasteiger charge is -2.20. The van der Waals surface area contributed by atoms with Crippen molar-refractivity contribution in [3.8, 4) is 0 Å². The minimum Gasteiger partial charge on any atom is -0.366 e. The topological polar surface area (TPSA) is 63.4 Å². The summed E-state index contributed by atoms with van der Waals surface area (Å²) in [6.07, 6.45) is 6.28. The van der Waals surface area contributed by atoms with Crippen LogP contribution in [0.4, 0.5) is 5.69 Å². The maximum absolute atomic E-state index is 11.9. The molecule has 0 saturated carbocycles. The Morgan fingerprint density at radius 2 is 1.65 bits per heavy atom. The average Bonchev–Trinajstić information content (AvgIpc) is 2.47. The SMILES string of the molecule is CC(=O)N(C/C=C(\C)CCC=C(C)C)c1ccc(C(N)=O)cc1. The Balaban J connectivity index is 2.77. The van der Waals surface area contributed by atoms with Crippen molar-refractivity contribution in [2.45, 2.75) is 40.5 Å². The molecular formula is C19H26N2O2. The molecule has 23 heavy (non-hydrogen) atoms. The van der Waals surface area contributed by atoms with Crippen molar-refractivity contribution in [3.05, 3.63) is 53.1 Å². The van der Waals surface area contributed by atoms with Crippen LogP contribution in [0, 0.1) is 0 Å². The number of allylic oxidation sites excluding steroid dienone is 3. The molecule has 0 fully saturated rings. The van der Waals surface area contributed by atoms with Gasteiger partial charge in [0.15, 0.2) is 0 Å². The highest BCUT2D eigenvalue weighted by molar-refractivity contribution is 5.95. The fourth-order valence-electron chi connectivity index (χ4n) is 2.16. The third-order valence-electron chi connectivity index (χ3n) is 3.56. The molecule has 2 amide bonds. The number of primary amides is 1. The van der Waals surface area contributed by atoms with E-state index in [1.807, 2.05) is 0 Å². The van der Waals surface area contributed by atoms with Crippen molar-refractivity contribution in [2.75, 3.05) is 11.4 Å². The lowest BCUT2D eigenvalue weighted by molar-refractivity contribution is -0.116. The van der Waals surface area contributed by atoms with Gasteiger partial charge in [-0.15, -0.1) is 0 Å². The van der Waals surface area contributed by atoms with Crippen molar-refractivity contribution in [3.63, 3.8) is 0 Å². The van der Waals surface area contributed by atoms with Crippen LogP contribution in [0.25, 0.3) is 0 Å². The Hall–Kier alpha value is -2.36. The van der Waals surface area contributed by atoms with Crippen LogP contribution in [0.15, 0.2) is 47.6 Å². The molecule has 0 aliphatic heterocycles. The molecule has 1 aromatic rings. The molecular weight excluding hydrogens is 288 g/mol. The first-order chi connectivity index (χ1) is 10.8. The molecule has 4 heteroatoms. The normalized spacial score (nSPS) is 11.0. The van der Waals surface area contributed by atoms with Crippen molar-refractivity contribution in [1.82, 2.24) is 0 Å². The summed E-state index contributed by atoms with van der Waals surface area (Å²) in [4.78, 5) is 24.7. The van der Waals surface area contributed by atoms with Crippen LogP contribution in [0.1, 0.15) is 50.9 Å². The summed E-state index contributed by atoms with van der Waals surface area (Å²) in [6, 6.07) is 6.76. The number of anilines is 1. The zero-order chi connectivity index (χ0) is 17.4. The molecule has 124 valence electrons.